The molecule has 0 heterocycles. The highest BCUT2D eigenvalue weighted by Gasteiger charge is 2.18. The molecule has 0 amide bonds. The molecule has 0 atom stereocenters. The van der Waals surface area contributed by atoms with E-state index in [1.54, 1.807) is 12.1 Å². The zero-order valence-corrected chi connectivity index (χ0v) is 12.6. The molecule has 0 bridgehead atoms. The predicted octanol–water partition coefficient (Wildman–Crippen LogP) is -0.0588. The molecule has 1 aromatic carbocycles. The van der Waals surface area contributed by atoms with Crippen LogP contribution in [0.4, 0.5) is 5.69 Å². The van der Waals surface area contributed by atoms with E-state index in [9.17, 15) is 8.42 Å². The molecule has 0 spiro atoms. The number of hydrogen-bond donors (Lipinski definition) is 4. The third-order valence-corrected chi connectivity index (χ3v) is 5.34. The molecule has 0 aliphatic carbocycles. The van der Waals surface area contributed by atoms with Crippen molar-refractivity contribution in [1.29, 1.82) is 0 Å². The average molecular weight is 321 g/mol. The van der Waals surface area contributed by atoms with Crippen molar-refractivity contribution in [2.75, 3.05) is 43.2 Å². The van der Waals surface area contributed by atoms with E-state index in [0.29, 0.717) is 22.9 Å². The van der Waals surface area contributed by atoms with Gasteiger partial charge in [0.05, 0.1) is 30.5 Å². The molecule has 4 N–H and O–H groups in total. The van der Waals surface area contributed by atoms with Gasteiger partial charge in [0.1, 0.15) is 0 Å². The van der Waals surface area contributed by atoms with Crippen LogP contribution in [-0.4, -0.2) is 61.6 Å². The Morgan fingerprint density at radius 2 is 1.85 bits per heavy atom. The maximum absolute atomic E-state index is 12.0. The quantitative estimate of drug-likeness (QED) is 0.472. The molecule has 0 fully saturated rings. The van der Waals surface area contributed by atoms with E-state index < -0.39 is 16.4 Å². The van der Waals surface area contributed by atoms with Crippen molar-refractivity contribution >= 4 is 27.3 Å². The van der Waals surface area contributed by atoms with Crippen LogP contribution in [0, 0.1) is 0 Å². The van der Waals surface area contributed by atoms with Crippen molar-refractivity contribution < 1.29 is 23.7 Å². The number of nitrogens with one attached hydrogen (secondary N) is 1. The third-order valence-electron chi connectivity index (χ3n) is 2.43. The van der Waals surface area contributed by atoms with E-state index in [-0.39, 0.29) is 23.9 Å². The van der Waals surface area contributed by atoms with Gasteiger partial charge in [0.25, 0.3) is 0 Å². The summed E-state index contributed by atoms with van der Waals surface area (Å²) in [7, 11) is -3.54. The molecule has 6 nitrogen and oxygen atoms in total. The molecule has 20 heavy (non-hydrogen) atoms. The third kappa shape index (κ3) is 4.95. The van der Waals surface area contributed by atoms with Crippen LogP contribution in [0.3, 0.4) is 0 Å². The highest BCUT2D eigenvalue weighted by molar-refractivity contribution is 8.00. The number of hydrogen-bond acceptors (Lipinski definition) is 7. The van der Waals surface area contributed by atoms with Gasteiger partial charge in [0.15, 0.2) is 9.84 Å². The molecule has 0 aliphatic rings. The first-order valence-electron chi connectivity index (χ1n) is 6.11. The van der Waals surface area contributed by atoms with Gasteiger partial charge >= 0.3 is 0 Å². The van der Waals surface area contributed by atoms with Crippen LogP contribution in [0.25, 0.3) is 0 Å². The van der Waals surface area contributed by atoms with Gasteiger partial charge < -0.3 is 20.6 Å². The number of sulfone groups is 1. The summed E-state index contributed by atoms with van der Waals surface area (Å²) in [6.07, 6.45) is 0. The van der Waals surface area contributed by atoms with Crippen molar-refractivity contribution in [2.24, 2.45) is 0 Å². The van der Waals surface area contributed by atoms with Crippen molar-refractivity contribution in [3.8, 4) is 0 Å². The molecule has 0 saturated carbocycles. The van der Waals surface area contributed by atoms with Crippen molar-refractivity contribution in [3.63, 3.8) is 0 Å². The van der Waals surface area contributed by atoms with Gasteiger partial charge in [0.2, 0.25) is 0 Å². The van der Waals surface area contributed by atoms with Gasteiger partial charge in [-0.15, -0.1) is 11.8 Å². The predicted molar refractivity (Wildman–Crippen MR) is 79.0 cm³/mol. The monoisotopic (exact) mass is 321 g/mol. The molecule has 0 saturated heterocycles. The smallest absolute Gasteiger partial charge is 0.181 e. The van der Waals surface area contributed by atoms with Gasteiger partial charge in [-0.3, -0.25) is 0 Å². The minimum atomic E-state index is -3.54. The molecular formula is C12H19NO5S2. The Morgan fingerprint density at radius 3 is 2.45 bits per heavy atom. The highest BCUT2D eigenvalue weighted by atomic mass is 32.2. The Hall–Kier alpha value is -0.800. The lowest BCUT2D eigenvalue weighted by molar-refractivity contribution is 0.311. The first kappa shape index (κ1) is 17.3. The Bertz CT molecular complexity index is 519. The van der Waals surface area contributed by atoms with E-state index in [1.807, 2.05) is 0 Å². The van der Waals surface area contributed by atoms with Gasteiger partial charge in [-0.1, -0.05) is 0 Å². The standard InChI is InChI=1S/C12H19NO5S2/c14-4-3-13-10-1-2-12(20(17,18)8-6-16)11(9-10)19-7-5-15/h1-2,9,13-16H,3-8H2. The fraction of sp³-hybridized carbons (Fsp3) is 0.500. The Kier molecular flexibility index (Phi) is 7.31. The van der Waals surface area contributed by atoms with Crippen LogP contribution in [0.2, 0.25) is 0 Å². The summed E-state index contributed by atoms with van der Waals surface area (Å²) < 4.78 is 24.1. The molecule has 0 radical (unpaired) electrons. The van der Waals surface area contributed by atoms with E-state index in [2.05, 4.69) is 5.32 Å². The SMILES string of the molecule is O=S(=O)(CCO)c1ccc(NCCO)cc1SCCO. The fourth-order valence-corrected chi connectivity index (χ4v) is 3.96. The number of aliphatic hydroxyl groups excluding tert-OH is 3. The minimum absolute atomic E-state index is 0.0241. The van der Waals surface area contributed by atoms with Crippen LogP contribution >= 0.6 is 11.8 Å². The summed E-state index contributed by atoms with van der Waals surface area (Å²) in [5.74, 6) is 0.0498. The number of anilines is 1. The summed E-state index contributed by atoms with van der Waals surface area (Å²) in [6.45, 7) is -0.147. The first-order valence-corrected chi connectivity index (χ1v) is 8.75. The van der Waals surface area contributed by atoms with Crippen molar-refractivity contribution in [3.05, 3.63) is 18.2 Å². The molecule has 0 aromatic heterocycles. The molecule has 8 heteroatoms. The second-order valence-electron chi connectivity index (χ2n) is 3.93. The summed E-state index contributed by atoms with van der Waals surface area (Å²) in [5, 5.41) is 29.4. The van der Waals surface area contributed by atoms with Gasteiger partial charge in [0, 0.05) is 22.9 Å². The van der Waals surface area contributed by atoms with E-state index in [0.717, 1.165) is 0 Å². The number of aliphatic hydroxyl groups is 3. The van der Waals surface area contributed by atoms with Crippen LogP contribution in [0.15, 0.2) is 28.0 Å². The van der Waals surface area contributed by atoms with Crippen LogP contribution < -0.4 is 5.32 Å². The van der Waals surface area contributed by atoms with Crippen LogP contribution in [-0.2, 0) is 9.84 Å². The number of benzene rings is 1. The zero-order chi connectivity index (χ0) is 15.0. The lowest BCUT2D eigenvalue weighted by Crippen LogP contribution is -2.12. The van der Waals surface area contributed by atoms with Crippen LogP contribution in [0.5, 0.6) is 0 Å². The Labute approximate surface area is 122 Å². The largest absolute Gasteiger partial charge is 0.396 e. The number of thioether (sulfide) groups is 1. The maximum atomic E-state index is 12.0. The Morgan fingerprint density at radius 1 is 1.10 bits per heavy atom. The van der Waals surface area contributed by atoms with E-state index in [1.165, 1.54) is 17.8 Å². The zero-order valence-electron chi connectivity index (χ0n) is 10.9. The van der Waals surface area contributed by atoms with Gasteiger partial charge in [-0.25, -0.2) is 8.42 Å². The first-order chi connectivity index (χ1) is 9.55. The molecule has 1 rings (SSSR count). The van der Waals surface area contributed by atoms with Crippen molar-refractivity contribution in [1.82, 2.24) is 0 Å². The summed E-state index contributed by atoms with van der Waals surface area (Å²) >= 11 is 1.23. The normalized spacial score (nSPS) is 11.6. The second kappa shape index (κ2) is 8.48. The Balaban J connectivity index is 3.09. The van der Waals surface area contributed by atoms with Gasteiger partial charge in [-0.05, 0) is 18.2 Å². The fourth-order valence-electron chi connectivity index (χ4n) is 1.57. The maximum Gasteiger partial charge on any atom is 0.181 e. The second-order valence-corrected chi connectivity index (χ2v) is 7.14. The van der Waals surface area contributed by atoms with E-state index in [4.69, 9.17) is 15.3 Å². The number of rotatable bonds is 9. The van der Waals surface area contributed by atoms with Crippen molar-refractivity contribution in [2.45, 2.75) is 9.79 Å². The molecule has 0 unspecified atom stereocenters. The van der Waals surface area contributed by atoms with Crippen LogP contribution in [0.1, 0.15) is 0 Å². The average Bonchev–Trinajstić information content (AvgIpc) is 2.42. The molecule has 1 aromatic rings. The topological polar surface area (TPSA) is 107 Å². The lowest BCUT2D eigenvalue weighted by Gasteiger charge is -2.12. The van der Waals surface area contributed by atoms with Gasteiger partial charge in [-0.2, -0.15) is 0 Å². The summed E-state index contributed by atoms with van der Waals surface area (Å²) in [5.41, 5.74) is 0.697. The minimum Gasteiger partial charge on any atom is -0.396 e. The lowest BCUT2D eigenvalue weighted by atomic mass is 10.3. The summed E-state index contributed by atoms with van der Waals surface area (Å²) in [4.78, 5) is 0.676. The molecular weight excluding hydrogens is 302 g/mol. The molecule has 114 valence electrons. The van der Waals surface area contributed by atoms with E-state index >= 15 is 0 Å². The molecule has 0 aliphatic heterocycles. The highest BCUT2D eigenvalue weighted by Crippen LogP contribution is 2.30. The summed E-state index contributed by atoms with van der Waals surface area (Å²) in [6, 6.07) is 4.76.